The monoisotopic (exact) mass is 537 g/mol. The molecule has 9 N–H and O–H groups in total. The number of unbranched alkanes of at least 4 members (excludes halogenated alkanes) is 9. The molecular weight excluding hydrogens is 484 g/mol. The number of aliphatic hydroxyl groups is 1. The zero-order chi connectivity index (χ0) is 26.9. The molecule has 2 rings (SSSR count). The van der Waals surface area contributed by atoms with E-state index in [1.165, 1.54) is 50.8 Å². The zero-order valence-corrected chi connectivity index (χ0v) is 23.7. The van der Waals surface area contributed by atoms with Gasteiger partial charge in [0.25, 0.3) is 5.84 Å². The van der Waals surface area contributed by atoms with E-state index in [2.05, 4.69) is 26.4 Å². The van der Waals surface area contributed by atoms with Crippen LogP contribution in [0.15, 0.2) is 17.6 Å². The van der Waals surface area contributed by atoms with Crippen molar-refractivity contribution in [3.05, 3.63) is 12.7 Å². The van der Waals surface area contributed by atoms with E-state index in [4.69, 9.17) is 22.6 Å². The lowest BCUT2D eigenvalue weighted by Crippen LogP contribution is -2.54. The lowest BCUT2D eigenvalue weighted by Gasteiger charge is -2.35. The fraction of sp³-hybridized carbons (Fsp3) is 0.815. The molecule has 0 aromatic carbocycles. The van der Waals surface area contributed by atoms with Crippen molar-refractivity contribution in [2.24, 2.45) is 22.2 Å². The van der Waals surface area contributed by atoms with Crippen LogP contribution in [0.4, 0.5) is 0 Å². The smallest absolute Gasteiger partial charge is 0.250 e. The molecule has 37 heavy (non-hydrogen) atoms. The number of hydrogen-bond donors (Lipinski definition) is 6. The van der Waals surface area contributed by atoms with Crippen LogP contribution in [-0.2, 0) is 0 Å². The molecule has 0 aliphatic carbocycles. The number of allylic oxidation sites excluding steroid dienone is 1. The van der Waals surface area contributed by atoms with Gasteiger partial charge in [-0.05, 0) is 32.1 Å². The van der Waals surface area contributed by atoms with Crippen LogP contribution >= 0.6 is 11.8 Å². The number of nitrogens with two attached hydrogens (primary N) is 3. The van der Waals surface area contributed by atoms with Crippen molar-refractivity contribution in [2.45, 2.75) is 101 Å². The minimum Gasteiger partial charge on any atom is -0.370 e. The molecule has 1 saturated heterocycles. The normalized spacial score (nSPS) is 21.1. The van der Waals surface area contributed by atoms with Gasteiger partial charge in [0.05, 0.1) is 31.3 Å². The van der Waals surface area contributed by atoms with Crippen LogP contribution in [0.5, 0.6) is 0 Å². The molecule has 2 atom stereocenters. The maximum absolute atomic E-state index is 12.1. The van der Waals surface area contributed by atoms with Crippen molar-refractivity contribution in [2.75, 3.05) is 38.5 Å². The first kappa shape index (κ1) is 31.3. The fourth-order valence-electron chi connectivity index (χ4n) is 5.48. The molecule has 0 spiro atoms. The number of nitrogens with one attached hydrogen (secondary N) is 2. The van der Waals surface area contributed by atoms with Gasteiger partial charge in [0.15, 0.2) is 11.9 Å². The topological polar surface area (TPSA) is 153 Å². The van der Waals surface area contributed by atoms with E-state index < -0.39 is 5.72 Å². The van der Waals surface area contributed by atoms with E-state index in [1.54, 1.807) is 0 Å². The third-order valence-electron chi connectivity index (χ3n) is 7.41. The number of thioether (sulfide) groups is 1. The molecule has 9 nitrogen and oxygen atoms in total. The SMILES string of the molecule is C=CCCCCCCCCCC[C@@]1(O)[C@H](SCCNC(=N)N)CC2=[N+](CCCCN=C(N)N)CCCN21. The predicted molar refractivity (Wildman–Crippen MR) is 158 cm³/mol. The molecule has 0 aromatic heterocycles. The molecule has 1 fully saturated rings. The number of aliphatic imine (C=N–C) groups is 1. The minimum absolute atomic E-state index is 0.00156. The minimum atomic E-state index is -0.808. The van der Waals surface area contributed by atoms with Crippen molar-refractivity contribution in [3.8, 4) is 0 Å². The first-order chi connectivity index (χ1) is 17.9. The standard InChI is InChI=1S/C27H53N8OS/c1-2-3-4-5-6-7-8-9-10-11-15-27(36)23(37-21-17-33-26(30)31)22-24-34(19-14-20-35(24)27)18-13-12-16-32-25(28)29/h2,23,36H,1,3-22H2,(H4,28,29,32)(H4,30,31,33)/q+1/t23-,27-/m1/s1. The summed E-state index contributed by atoms with van der Waals surface area (Å²) >= 11 is 1.81. The molecule has 2 aliphatic heterocycles. The Morgan fingerprint density at radius 3 is 2.51 bits per heavy atom. The maximum Gasteiger partial charge on any atom is 0.250 e. The Bertz CT molecular complexity index is 755. The predicted octanol–water partition coefficient (Wildman–Crippen LogP) is 2.92. The summed E-state index contributed by atoms with van der Waals surface area (Å²) in [5.74, 6) is 2.27. The van der Waals surface area contributed by atoms with Crippen LogP contribution in [0.2, 0.25) is 0 Å². The summed E-state index contributed by atoms with van der Waals surface area (Å²) in [5, 5.41) is 22.5. The first-order valence-electron chi connectivity index (χ1n) is 14.3. The van der Waals surface area contributed by atoms with Crippen LogP contribution in [0.3, 0.4) is 0 Å². The van der Waals surface area contributed by atoms with Crippen LogP contribution in [0.1, 0.15) is 89.9 Å². The summed E-state index contributed by atoms with van der Waals surface area (Å²) < 4.78 is 2.48. The van der Waals surface area contributed by atoms with E-state index in [9.17, 15) is 5.11 Å². The van der Waals surface area contributed by atoms with Gasteiger partial charge in [-0.2, -0.15) is 0 Å². The van der Waals surface area contributed by atoms with Crippen molar-refractivity contribution < 1.29 is 9.68 Å². The highest BCUT2D eigenvalue weighted by atomic mass is 32.2. The molecule has 0 radical (unpaired) electrons. The average molecular weight is 538 g/mol. The quantitative estimate of drug-likeness (QED) is 0.0459. The maximum atomic E-state index is 12.1. The van der Waals surface area contributed by atoms with Gasteiger partial charge in [-0.25, -0.2) is 4.90 Å². The van der Waals surface area contributed by atoms with E-state index in [1.807, 2.05) is 17.8 Å². The molecular formula is C27H53N8OS+. The van der Waals surface area contributed by atoms with Crippen LogP contribution in [0, 0.1) is 5.41 Å². The zero-order valence-electron chi connectivity index (χ0n) is 22.9. The van der Waals surface area contributed by atoms with E-state index in [0.29, 0.717) is 13.1 Å². The second kappa shape index (κ2) is 17.5. The molecule has 0 amide bonds. The van der Waals surface area contributed by atoms with Gasteiger partial charge >= 0.3 is 0 Å². The summed E-state index contributed by atoms with van der Waals surface area (Å²) in [6.45, 7) is 8.03. The van der Waals surface area contributed by atoms with E-state index in [0.717, 1.165) is 70.3 Å². The average Bonchev–Trinajstić information content (AvgIpc) is 3.15. The fourth-order valence-corrected chi connectivity index (χ4v) is 6.76. The van der Waals surface area contributed by atoms with Crippen molar-refractivity contribution >= 4 is 29.5 Å². The molecule has 0 aromatic rings. The summed E-state index contributed by atoms with van der Waals surface area (Å²) in [5.41, 5.74) is 15.5. The lowest BCUT2D eigenvalue weighted by molar-refractivity contribution is -0.540. The molecule has 2 heterocycles. The van der Waals surface area contributed by atoms with Gasteiger partial charge < -0.3 is 27.6 Å². The summed E-state index contributed by atoms with van der Waals surface area (Å²) in [7, 11) is 0. The van der Waals surface area contributed by atoms with E-state index >= 15 is 0 Å². The van der Waals surface area contributed by atoms with Gasteiger partial charge in [0, 0.05) is 31.7 Å². The molecule has 0 bridgehead atoms. The number of hydrogen-bond acceptors (Lipinski definition) is 5. The van der Waals surface area contributed by atoms with Crippen LogP contribution < -0.4 is 22.5 Å². The second-order valence-electron chi connectivity index (χ2n) is 10.4. The lowest BCUT2D eigenvalue weighted by atomic mass is 9.99. The number of fused-ring (bicyclic) bond motifs is 1. The first-order valence-corrected chi connectivity index (χ1v) is 15.4. The van der Waals surface area contributed by atoms with Crippen molar-refractivity contribution in [1.82, 2.24) is 10.2 Å². The Morgan fingerprint density at radius 1 is 1.14 bits per heavy atom. The Labute approximate surface area is 228 Å². The summed E-state index contributed by atoms with van der Waals surface area (Å²) in [4.78, 5) is 6.42. The third kappa shape index (κ3) is 11.1. The molecule has 212 valence electrons. The molecule has 10 heteroatoms. The van der Waals surface area contributed by atoms with Gasteiger partial charge in [0.2, 0.25) is 5.72 Å². The molecule has 0 unspecified atom stereocenters. The Morgan fingerprint density at radius 2 is 1.84 bits per heavy atom. The van der Waals surface area contributed by atoms with Gasteiger partial charge in [-0.1, -0.05) is 44.6 Å². The Kier molecular flexibility index (Phi) is 14.8. The summed E-state index contributed by atoms with van der Waals surface area (Å²) in [6, 6.07) is 0. The third-order valence-corrected chi connectivity index (χ3v) is 8.79. The van der Waals surface area contributed by atoms with Gasteiger partial charge in [-0.3, -0.25) is 15.0 Å². The second-order valence-corrected chi connectivity index (χ2v) is 11.7. The number of amidine groups is 1. The van der Waals surface area contributed by atoms with E-state index in [-0.39, 0.29) is 17.2 Å². The van der Waals surface area contributed by atoms with Crippen molar-refractivity contribution in [1.29, 1.82) is 5.41 Å². The van der Waals surface area contributed by atoms with Crippen LogP contribution in [0.25, 0.3) is 0 Å². The summed E-state index contributed by atoms with van der Waals surface area (Å²) in [6.07, 6.45) is 17.9. The van der Waals surface area contributed by atoms with Gasteiger partial charge in [-0.15, -0.1) is 18.3 Å². The number of rotatable bonds is 20. The van der Waals surface area contributed by atoms with Crippen molar-refractivity contribution in [3.63, 3.8) is 0 Å². The highest BCUT2D eigenvalue weighted by Gasteiger charge is 2.57. The largest absolute Gasteiger partial charge is 0.370 e. The Hall–Kier alpha value is -1.94. The highest BCUT2D eigenvalue weighted by molar-refractivity contribution is 8.00. The molecule has 0 saturated carbocycles. The number of nitrogens with zero attached hydrogens (tertiary/aromatic N) is 3. The highest BCUT2D eigenvalue weighted by Crippen LogP contribution is 2.41. The van der Waals surface area contributed by atoms with Crippen LogP contribution in [-0.4, -0.2) is 81.8 Å². The molecule has 2 aliphatic rings. The number of guanidine groups is 2. The van der Waals surface area contributed by atoms with Gasteiger partial charge in [0.1, 0.15) is 0 Å². The Balaban J connectivity index is 1.91.